The molecular weight excluding hydrogens is 319 g/mol. The van der Waals surface area contributed by atoms with E-state index < -0.39 is 11.4 Å². The summed E-state index contributed by atoms with van der Waals surface area (Å²) in [6.07, 6.45) is 2.57. The van der Waals surface area contributed by atoms with E-state index in [9.17, 15) is 9.50 Å². The van der Waals surface area contributed by atoms with Crippen molar-refractivity contribution >= 4 is 5.82 Å². The van der Waals surface area contributed by atoms with E-state index in [0.29, 0.717) is 31.6 Å². The van der Waals surface area contributed by atoms with Crippen molar-refractivity contribution in [3.8, 4) is 0 Å². The number of aryl methyl sites for hydroxylation is 1. The Balaban J connectivity index is 1.64. The molecule has 1 N–H and O–H groups in total. The Labute approximate surface area is 148 Å². The van der Waals surface area contributed by atoms with Crippen LogP contribution in [-0.2, 0) is 13.0 Å². The van der Waals surface area contributed by atoms with E-state index in [4.69, 9.17) is 0 Å². The number of nitrogens with zero attached hydrogens (tertiary/aromatic N) is 4. The van der Waals surface area contributed by atoms with E-state index in [0.717, 1.165) is 13.1 Å². The standard InChI is InChI=1S/C19H25FN4O/c1-3-16-17(20)18(22-14-21-16)23(2)12-19(25)9-10-24(13-19)11-15-7-5-4-6-8-15/h4-8,14,25H,3,9-13H2,1-2H3. The maximum Gasteiger partial charge on any atom is 0.187 e. The summed E-state index contributed by atoms with van der Waals surface area (Å²) in [7, 11) is 1.77. The second-order valence-electron chi connectivity index (χ2n) is 6.84. The summed E-state index contributed by atoms with van der Waals surface area (Å²) in [5.41, 5.74) is 0.767. The predicted molar refractivity (Wildman–Crippen MR) is 95.9 cm³/mol. The number of aliphatic hydroxyl groups is 1. The van der Waals surface area contributed by atoms with Crippen LogP contribution in [0.4, 0.5) is 10.2 Å². The highest BCUT2D eigenvalue weighted by Crippen LogP contribution is 2.26. The third kappa shape index (κ3) is 4.14. The first-order valence-corrected chi connectivity index (χ1v) is 8.70. The molecule has 6 heteroatoms. The van der Waals surface area contributed by atoms with Gasteiger partial charge in [0.2, 0.25) is 0 Å². The predicted octanol–water partition coefficient (Wildman–Crippen LogP) is 2.25. The monoisotopic (exact) mass is 344 g/mol. The molecule has 2 heterocycles. The summed E-state index contributed by atoms with van der Waals surface area (Å²) in [6, 6.07) is 10.2. The van der Waals surface area contributed by atoms with Gasteiger partial charge in [-0.1, -0.05) is 37.3 Å². The molecule has 1 aromatic heterocycles. The number of rotatable bonds is 6. The molecule has 0 radical (unpaired) electrons. The van der Waals surface area contributed by atoms with Gasteiger partial charge in [0, 0.05) is 33.2 Å². The first-order chi connectivity index (χ1) is 12.0. The van der Waals surface area contributed by atoms with Gasteiger partial charge in [-0.15, -0.1) is 0 Å². The zero-order valence-electron chi connectivity index (χ0n) is 14.8. The topological polar surface area (TPSA) is 52.5 Å². The Hall–Kier alpha value is -2.05. The first kappa shape index (κ1) is 17.8. The highest BCUT2D eigenvalue weighted by molar-refractivity contribution is 5.40. The number of likely N-dealkylation sites (N-methyl/N-ethyl adjacent to an activating group) is 1. The Morgan fingerprint density at radius 3 is 2.76 bits per heavy atom. The second kappa shape index (κ2) is 7.45. The SMILES string of the molecule is CCc1ncnc(N(C)CC2(O)CCN(Cc3ccccc3)C2)c1F. The molecular formula is C19H25FN4O. The van der Waals surface area contributed by atoms with Gasteiger partial charge in [0.05, 0.1) is 11.3 Å². The number of hydrogen-bond donors (Lipinski definition) is 1. The zero-order valence-corrected chi connectivity index (χ0v) is 14.8. The van der Waals surface area contributed by atoms with Crippen LogP contribution in [0, 0.1) is 5.82 Å². The fraction of sp³-hybridized carbons (Fsp3) is 0.474. The lowest BCUT2D eigenvalue weighted by atomic mass is 10.0. The Bertz CT molecular complexity index is 712. The lowest BCUT2D eigenvalue weighted by Gasteiger charge is -2.30. The van der Waals surface area contributed by atoms with Crippen molar-refractivity contribution in [3.63, 3.8) is 0 Å². The van der Waals surface area contributed by atoms with Crippen LogP contribution in [-0.4, -0.2) is 52.3 Å². The number of benzene rings is 1. The second-order valence-corrected chi connectivity index (χ2v) is 6.84. The molecule has 1 aliphatic rings. The summed E-state index contributed by atoms with van der Waals surface area (Å²) in [6.45, 7) is 4.41. The smallest absolute Gasteiger partial charge is 0.187 e. The van der Waals surface area contributed by atoms with Gasteiger partial charge in [0.25, 0.3) is 0 Å². The number of β-amino-alcohol motifs (C(OH)–C–C–N with tert-alkyl or cyclic N) is 1. The number of hydrogen-bond acceptors (Lipinski definition) is 5. The van der Waals surface area contributed by atoms with Crippen LogP contribution in [0.15, 0.2) is 36.7 Å². The van der Waals surface area contributed by atoms with Crippen LogP contribution >= 0.6 is 0 Å². The summed E-state index contributed by atoms with van der Waals surface area (Å²) < 4.78 is 14.4. The minimum absolute atomic E-state index is 0.252. The van der Waals surface area contributed by atoms with Crippen molar-refractivity contribution in [2.45, 2.75) is 31.9 Å². The lowest BCUT2D eigenvalue weighted by molar-refractivity contribution is 0.0560. The highest BCUT2D eigenvalue weighted by atomic mass is 19.1. The van der Waals surface area contributed by atoms with Gasteiger partial charge in [0.1, 0.15) is 6.33 Å². The molecule has 5 nitrogen and oxygen atoms in total. The number of anilines is 1. The highest BCUT2D eigenvalue weighted by Gasteiger charge is 2.37. The van der Waals surface area contributed by atoms with Crippen molar-refractivity contribution in [2.24, 2.45) is 0 Å². The summed E-state index contributed by atoms with van der Waals surface area (Å²) in [4.78, 5) is 12.0. The van der Waals surface area contributed by atoms with Crippen molar-refractivity contribution in [1.29, 1.82) is 0 Å². The van der Waals surface area contributed by atoms with Gasteiger partial charge in [-0.05, 0) is 18.4 Å². The van der Waals surface area contributed by atoms with E-state index >= 15 is 0 Å². The van der Waals surface area contributed by atoms with Gasteiger partial charge in [-0.2, -0.15) is 0 Å². The van der Waals surface area contributed by atoms with E-state index in [2.05, 4.69) is 27.0 Å². The quantitative estimate of drug-likeness (QED) is 0.871. The number of halogens is 1. The largest absolute Gasteiger partial charge is 0.387 e. The van der Waals surface area contributed by atoms with Crippen molar-refractivity contribution in [2.75, 3.05) is 31.6 Å². The van der Waals surface area contributed by atoms with Crippen LogP contribution in [0.1, 0.15) is 24.6 Å². The van der Waals surface area contributed by atoms with E-state index in [1.54, 1.807) is 11.9 Å². The van der Waals surface area contributed by atoms with Gasteiger partial charge < -0.3 is 10.0 Å². The third-order valence-corrected chi connectivity index (χ3v) is 4.73. The molecule has 0 aliphatic carbocycles. The minimum Gasteiger partial charge on any atom is -0.387 e. The molecule has 0 saturated carbocycles. The maximum absolute atomic E-state index is 14.4. The molecule has 134 valence electrons. The molecule has 0 bridgehead atoms. The molecule has 1 unspecified atom stereocenters. The Kier molecular flexibility index (Phi) is 5.30. The molecule has 0 spiro atoms. The summed E-state index contributed by atoms with van der Waals surface area (Å²) in [5, 5.41) is 10.9. The fourth-order valence-corrected chi connectivity index (χ4v) is 3.47. The normalized spacial score (nSPS) is 20.8. The molecule has 1 saturated heterocycles. The van der Waals surface area contributed by atoms with E-state index in [-0.39, 0.29) is 5.82 Å². The summed E-state index contributed by atoms with van der Waals surface area (Å²) in [5.74, 6) is -0.142. The van der Waals surface area contributed by atoms with Gasteiger partial charge >= 0.3 is 0 Å². The van der Waals surface area contributed by atoms with Crippen LogP contribution < -0.4 is 4.90 Å². The Morgan fingerprint density at radius 1 is 1.28 bits per heavy atom. The molecule has 3 rings (SSSR count). The lowest BCUT2D eigenvalue weighted by Crippen LogP contribution is -2.44. The molecule has 1 aliphatic heterocycles. The number of likely N-dealkylation sites (tertiary alicyclic amines) is 1. The van der Waals surface area contributed by atoms with Crippen LogP contribution in [0.25, 0.3) is 0 Å². The average molecular weight is 344 g/mol. The molecule has 25 heavy (non-hydrogen) atoms. The average Bonchev–Trinajstić information content (AvgIpc) is 2.96. The fourth-order valence-electron chi connectivity index (χ4n) is 3.47. The summed E-state index contributed by atoms with van der Waals surface area (Å²) >= 11 is 0. The Morgan fingerprint density at radius 2 is 2.04 bits per heavy atom. The van der Waals surface area contributed by atoms with Crippen LogP contribution in [0.5, 0.6) is 0 Å². The van der Waals surface area contributed by atoms with Gasteiger partial charge in [-0.25, -0.2) is 14.4 Å². The van der Waals surface area contributed by atoms with Crippen molar-refractivity contribution < 1.29 is 9.50 Å². The molecule has 1 fully saturated rings. The van der Waals surface area contributed by atoms with E-state index in [1.807, 2.05) is 25.1 Å². The van der Waals surface area contributed by atoms with Crippen LogP contribution in [0.2, 0.25) is 0 Å². The molecule has 2 aromatic rings. The van der Waals surface area contributed by atoms with Crippen molar-refractivity contribution in [1.82, 2.24) is 14.9 Å². The van der Waals surface area contributed by atoms with Gasteiger partial charge in [0.15, 0.2) is 11.6 Å². The van der Waals surface area contributed by atoms with Gasteiger partial charge in [-0.3, -0.25) is 4.90 Å². The van der Waals surface area contributed by atoms with Crippen molar-refractivity contribution in [3.05, 3.63) is 53.7 Å². The molecule has 1 atom stereocenters. The number of aromatic nitrogens is 2. The zero-order chi connectivity index (χ0) is 17.9. The molecule has 0 amide bonds. The van der Waals surface area contributed by atoms with Crippen LogP contribution in [0.3, 0.4) is 0 Å². The van der Waals surface area contributed by atoms with E-state index in [1.165, 1.54) is 11.9 Å². The molecule has 1 aromatic carbocycles. The third-order valence-electron chi connectivity index (χ3n) is 4.73. The maximum atomic E-state index is 14.4. The minimum atomic E-state index is -0.868. The first-order valence-electron chi connectivity index (χ1n) is 8.70.